The van der Waals surface area contributed by atoms with Crippen LogP contribution < -0.4 is 0 Å². The highest BCUT2D eigenvalue weighted by Crippen LogP contribution is 2.27. The van der Waals surface area contributed by atoms with Crippen molar-refractivity contribution in [2.75, 3.05) is 0 Å². The Labute approximate surface area is 108 Å². The van der Waals surface area contributed by atoms with Gasteiger partial charge in [0.15, 0.2) is 5.15 Å². The van der Waals surface area contributed by atoms with Crippen LogP contribution in [0.3, 0.4) is 0 Å². The maximum atomic E-state index is 6.10. The van der Waals surface area contributed by atoms with E-state index >= 15 is 0 Å². The lowest BCUT2D eigenvalue weighted by Crippen LogP contribution is -1.96. The van der Waals surface area contributed by atoms with Crippen LogP contribution in [0.4, 0.5) is 0 Å². The topological polar surface area (TPSA) is 25.8 Å². The van der Waals surface area contributed by atoms with Crippen LogP contribution in [0.1, 0.15) is 11.4 Å². The van der Waals surface area contributed by atoms with Crippen LogP contribution in [0.25, 0.3) is 11.3 Å². The minimum Gasteiger partial charge on any atom is -0.248 e. The SMILES string of the molecule is Cc1nc(Cl)c(-c2cccc(Br)c2)nc1C. The summed E-state index contributed by atoms with van der Waals surface area (Å²) in [5.74, 6) is 0. The fraction of sp³-hybridized carbons (Fsp3) is 0.167. The first kappa shape index (κ1) is 11.6. The molecular formula is C12H10BrClN2. The Hall–Kier alpha value is -0.930. The number of benzene rings is 1. The Morgan fingerprint density at radius 3 is 2.50 bits per heavy atom. The molecule has 0 saturated heterocycles. The summed E-state index contributed by atoms with van der Waals surface area (Å²) in [4.78, 5) is 8.74. The predicted molar refractivity (Wildman–Crippen MR) is 69.7 cm³/mol. The molecule has 2 aromatic rings. The van der Waals surface area contributed by atoms with Crippen LogP contribution in [0, 0.1) is 13.8 Å². The molecule has 0 bridgehead atoms. The molecule has 0 atom stereocenters. The van der Waals surface area contributed by atoms with Gasteiger partial charge in [0.05, 0.1) is 11.4 Å². The van der Waals surface area contributed by atoms with Gasteiger partial charge in [-0.1, -0.05) is 39.7 Å². The van der Waals surface area contributed by atoms with Crippen molar-refractivity contribution >= 4 is 27.5 Å². The van der Waals surface area contributed by atoms with Crippen LogP contribution in [0.15, 0.2) is 28.7 Å². The van der Waals surface area contributed by atoms with Crippen LogP contribution in [0.2, 0.25) is 5.15 Å². The molecule has 1 aromatic carbocycles. The molecule has 1 heterocycles. The second-order valence-electron chi connectivity index (χ2n) is 3.54. The normalized spacial score (nSPS) is 10.5. The number of halogens is 2. The zero-order valence-electron chi connectivity index (χ0n) is 8.96. The van der Waals surface area contributed by atoms with Gasteiger partial charge in [-0.3, -0.25) is 0 Å². The van der Waals surface area contributed by atoms with E-state index in [-0.39, 0.29) is 0 Å². The Balaban J connectivity index is 2.60. The molecule has 2 nitrogen and oxygen atoms in total. The highest BCUT2D eigenvalue weighted by atomic mass is 79.9. The van der Waals surface area contributed by atoms with Crippen molar-refractivity contribution in [3.63, 3.8) is 0 Å². The number of hydrogen-bond acceptors (Lipinski definition) is 2. The average Bonchev–Trinajstić information content (AvgIpc) is 2.23. The van der Waals surface area contributed by atoms with Crippen LogP contribution in [0.5, 0.6) is 0 Å². The van der Waals surface area contributed by atoms with E-state index < -0.39 is 0 Å². The predicted octanol–water partition coefficient (Wildman–Crippen LogP) is 4.18. The molecule has 82 valence electrons. The van der Waals surface area contributed by atoms with Gasteiger partial charge in [-0.15, -0.1) is 0 Å². The fourth-order valence-electron chi connectivity index (χ4n) is 1.40. The summed E-state index contributed by atoms with van der Waals surface area (Å²) in [6.07, 6.45) is 0. The number of aromatic nitrogens is 2. The van der Waals surface area contributed by atoms with E-state index in [1.54, 1.807) is 0 Å². The first-order chi connectivity index (χ1) is 7.58. The number of nitrogens with zero attached hydrogens (tertiary/aromatic N) is 2. The van der Waals surface area contributed by atoms with Gasteiger partial charge in [0.25, 0.3) is 0 Å². The number of aryl methyl sites for hydroxylation is 2. The molecule has 0 aliphatic rings. The minimum atomic E-state index is 0.446. The zero-order chi connectivity index (χ0) is 11.7. The van der Waals surface area contributed by atoms with Gasteiger partial charge >= 0.3 is 0 Å². The van der Waals surface area contributed by atoms with Gasteiger partial charge in [0.1, 0.15) is 5.69 Å². The molecule has 0 unspecified atom stereocenters. The van der Waals surface area contributed by atoms with Crippen molar-refractivity contribution in [2.24, 2.45) is 0 Å². The standard InChI is InChI=1S/C12H10BrClN2/c1-7-8(2)16-12(14)11(15-7)9-4-3-5-10(13)6-9/h3-6H,1-2H3. The van der Waals surface area contributed by atoms with Crippen LogP contribution in [-0.4, -0.2) is 9.97 Å². The lowest BCUT2D eigenvalue weighted by molar-refractivity contribution is 1.05. The zero-order valence-corrected chi connectivity index (χ0v) is 11.3. The molecule has 1 aromatic heterocycles. The lowest BCUT2D eigenvalue weighted by Gasteiger charge is -2.06. The van der Waals surface area contributed by atoms with Gasteiger partial charge in [0.2, 0.25) is 0 Å². The number of rotatable bonds is 1. The average molecular weight is 298 g/mol. The van der Waals surface area contributed by atoms with Crippen molar-refractivity contribution in [2.45, 2.75) is 13.8 Å². The maximum Gasteiger partial charge on any atom is 0.155 e. The molecule has 0 spiro atoms. The van der Waals surface area contributed by atoms with E-state index in [0.717, 1.165) is 27.1 Å². The van der Waals surface area contributed by atoms with Crippen molar-refractivity contribution < 1.29 is 0 Å². The lowest BCUT2D eigenvalue weighted by atomic mass is 10.1. The summed E-state index contributed by atoms with van der Waals surface area (Å²) >= 11 is 9.53. The molecule has 0 aliphatic carbocycles. The molecule has 2 rings (SSSR count). The van der Waals surface area contributed by atoms with E-state index in [1.165, 1.54) is 0 Å². The highest BCUT2D eigenvalue weighted by molar-refractivity contribution is 9.10. The minimum absolute atomic E-state index is 0.446. The molecule has 0 N–H and O–H groups in total. The van der Waals surface area contributed by atoms with E-state index in [1.807, 2.05) is 38.1 Å². The molecule has 0 aliphatic heterocycles. The summed E-state index contributed by atoms with van der Waals surface area (Å²) < 4.78 is 1.00. The third-order valence-electron chi connectivity index (χ3n) is 2.36. The summed E-state index contributed by atoms with van der Waals surface area (Å²) in [5, 5.41) is 0.446. The summed E-state index contributed by atoms with van der Waals surface area (Å²) in [5.41, 5.74) is 3.46. The first-order valence-electron chi connectivity index (χ1n) is 4.84. The molecule has 0 radical (unpaired) electrons. The van der Waals surface area contributed by atoms with Gasteiger partial charge in [0, 0.05) is 10.0 Å². The quantitative estimate of drug-likeness (QED) is 0.789. The molecule has 0 saturated carbocycles. The molecular weight excluding hydrogens is 288 g/mol. The largest absolute Gasteiger partial charge is 0.248 e. The van der Waals surface area contributed by atoms with Gasteiger partial charge in [-0.2, -0.15) is 0 Å². The molecule has 0 amide bonds. The van der Waals surface area contributed by atoms with Crippen molar-refractivity contribution in [1.82, 2.24) is 9.97 Å². The van der Waals surface area contributed by atoms with Crippen molar-refractivity contribution in [3.05, 3.63) is 45.3 Å². The third kappa shape index (κ3) is 2.25. The van der Waals surface area contributed by atoms with Crippen LogP contribution in [-0.2, 0) is 0 Å². The second-order valence-corrected chi connectivity index (χ2v) is 4.82. The maximum absolute atomic E-state index is 6.10. The van der Waals surface area contributed by atoms with E-state index in [2.05, 4.69) is 25.9 Å². The number of hydrogen-bond donors (Lipinski definition) is 0. The van der Waals surface area contributed by atoms with Crippen molar-refractivity contribution in [3.8, 4) is 11.3 Å². The van der Waals surface area contributed by atoms with E-state index in [4.69, 9.17) is 11.6 Å². The summed E-state index contributed by atoms with van der Waals surface area (Å²) in [6, 6.07) is 7.86. The van der Waals surface area contributed by atoms with Gasteiger partial charge in [-0.05, 0) is 26.0 Å². The van der Waals surface area contributed by atoms with Gasteiger partial charge in [-0.25, -0.2) is 9.97 Å². The summed E-state index contributed by atoms with van der Waals surface area (Å²) in [7, 11) is 0. The van der Waals surface area contributed by atoms with E-state index in [9.17, 15) is 0 Å². The highest BCUT2D eigenvalue weighted by Gasteiger charge is 2.09. The third-order valence-corrected chi connectivity index (χ3v) is 3.12. The van der Waals surface area contributed by atoms with Crippen LogP contribution >= 0.6 is 27.5 Å². The monoisotopic (exact) mass is 296 g/mol. The molecule has 4 heteroatoms. The Morgan fingerprint density at radius 2 is 1.81 bits per heavy atom. The van der Waals surface area contributed by atoms with E-state index in [0.29, 0.717) is 5.15 Å². The fourth-order valence-corrected chi connectivity index (χ4v) is 2.07. The molecule has 0 fully saturated rings. The van der Waals surface area contributed by atoms with Crippen molar-refractivity contribution in [1.29, 1.82) is 0 Å². The Bertz CT molecular complexity index is 541. The smallest absolute Gasteiger partial charge is 0.155 e. The molecule has 16 heavy (non-hydrogen) atoms. The Kier molecular flexibility index (Phi) is 3.26. The first-order valence-corrected chi connectivity index (χ1v) is 6.01. The Morgan fingerprint density at radius 1 is 1.12 bits per heavy atom. The second kappa shape index (κ2) is 4.52. The van der Waals surface area contributed by atoms with Gasteiger partial charge < -0.3 is 0 Å². The summed E-state index contributed by atoms with van der Waals surface area (Å²) in [6.45, 7) is 3.83.